The van der Waals surface area contributed by atoms with Crippen LogP contribution in [0, 0.1) is 5.92 Å². The van der Waals surface area contributed by atoms with E-state index in [0.29, 0.717) is 6.04 Å². The number of nitrogens with zero attached hydrogens (tertiary/aromatic N) is 1. The molecule has 1 aliphatic rings. The van der Waals surface area contributed by atoms with E-state index in [-0.39, 0.29) is 12.5 Å². The van der Waals surface area contributed by atoms with E-state index < -0.39 is 0 Å². The van der Waals surface area contributed by atoms with Gasteiger partial charge < -0.3 is 10.6 Å². The lowest BCUT2D eigenvalue weighted by Crippen LogP contribution is -2.42. The van der Waals surface area contributed by atoms with Crippen LogP contribution in [0.3, 0.4) is 0 Å². The Morgan fingerprint density at radius 2 is 1.92 bits per heavy atom. The number of carbonyl (C=O) groups is 1. The first-order valence-corrected chi connectivity index (χ1v) is 5.11. The number of carbonyl (C=O) groups excluding carboxylic acids is 1. The van der Waals surface area contributed by atoms with Gasteiger partial charge in [-0.3, -0.25) is 4.79 Å². The van der Waals surface area contributed by atoms with Gasteiger partial charge in [-0.25, -0.2) is 0 Å². The van der Waals surface area contributed by atoms with Crippen molar-refractivity contribution in [1.82, 2.24) is 4.90 Å². The number of rotatable bonds is 2. The summed E-state index contributed by atoms with van der Waals surface area (Å²) < 4.78 is 0. The van der Waals surface area contributed by atoms with Crippen LogP contribution in [0.15, 0.2) is 0 Å². The van der Waals surface area contributed by atoms with Crippen LogP contribution < -0.4 is 5.73 Å². The standard InChI is InChI=1S/C10H20N2O/c1-8-3-5-9(6-4-8)12(2)10(13)7-11/h8-9H,3-7,11H2,1-2H3. The maximum absolute atomic E-state index is 11.3. The van der Waals surface area contributed by atoms with Crippen molar-refractivity contribution in [2.45, 2.75) is 38.6 Å². The second-order valence-electron chi connectivity index (χ2n) is 4.12. The molecule has 0 spiro atoms. The van der Waals surface area contributed by atoms with Gasteiger partial charge in [-0.15, -0.1) is 0 Å². The van der Waals surface area contributed by atoms with Crippen molar-refractivity contribution in [2.24, 2.45) is 11.7 Å². The molecule has 0 radical (unpaired) electrons. The molecule has 0 bridgehead atoms. The summed E-state index contributed by atoms with van der Waals surface area (Å²) in [5.74, 6) is 0.900. The first-order chi connectivity index (χ1) is 6.15. The monoisotopic (exact) mass is 184 g/mol. The van der Waals surface area contributed by atoms with Gasteiger partial charge >= 0.3 is 0 Å². The molecule has 0 saturated heterocycles. The largest absolute Gasteiger partial charge is 0.342 e. The third-order valence-corrected chi connectivity index (χ3v) is 3.10. The predicted molar refractivity (Wildman–Crippen MR) is 53.2 cm³/mol. The molecule has 1 fully saturated rings. The summed E-state index contributed by atoms with van der Waals surface area (Å²) in [4.78, 5) is 13.1. The lowest BCUT2D eigenvalue weighted by molar-refractivity contribution is -0.131. The lowest BCUT2D eigenvalue weighted by Gasteiger charge is -2.33. The zero-order valence-corrected chi connectivity index (χ0v) is 8.62. The quantitative estimate of drug-likeness (QED) is 0.695. The van der Waals surface area contributed by atoms with Crippen molar-refractivity contribution in [3.05, 3.63) is 0 Å². The van der Waals surface area contributed by atoms with Gasteiger partial charge in [0.15, 0.2) is 0 Å². The van der Waals surface area contributed by atoms with Gasteiger partial charge in [0.1, 0.15) is 0 Å². The van der Waals surface area contributed by atoms with E-state index in [9.17, 15) is 4.79 Å². The molecule has 1 rings (SSSR count). The van der Waals surface area contributed by atoms with Crippen LogP contribution in [0.1, 0.15) is 32.6 Å². The summed E-state index contributed by atoms with van der Waals surface area (Å²) in [6.45, 7) is 2.42. The number of nitrogens with two attached hydrogens (primary N) is 1. The van der Waals surface area contributed by atoms with Crippen LogP contribution in [0.2, 0.25) is 0 Å². The number of amides is 1. The van der Waals surface area contributed by atoms with Crippen molar-refractivity contribution in [1.29, 1.82) is 0 Å². The molecule has 1 saturated carbocycles. The molecule has 3 nitrogen and oxygen atoms in total. The highest BCUT2D eigenvalue weighted by Gasteiger charge is 2.23. The molecule has 76 valence electrons. The van der Waals surface area contributed by atoms with E-state index in [0.717, 1.165) is 18.8 Å². The highest BCUT2D eigenvalue weighted by molar-refractivity contribution is 5.78. The second-order valence-corrected chi connectivity index (χ2v) is 4.12. The fourth-order valence-electron chi connectivity index (χ4n) is 1.98. The minimum Gasteiger partial charge on any atom is -0.342 e. The van der Waals surface area contributed by atoms with Gasteiger partial charge in [-0.1, -0.05) is 6.92 Å². The average molecular weight is 184 g/mol. The Morgan fingerprint density at radius 3 is 2.38 bits per heavy atom. The summed E-state index contributed by atoms with van der Waals surface area (Å²) in [5, 5.41) is 0. The molecule has 0 heterocycles. The first kappa shape index (κ1) is 10.5. The summed E-state index contributed by atoms with van der Waals surface area (Å²) >= 11 is 0. The van der Waals surface area contributed by atoms with Crippen molar-refractivity contribution in [3.63, 3.8) is 0 Å². The Balaban J connectivity index is 2.39. The zero-order valence-electron chi connectivity index (χ0n) is 8.62. The third-order valence-electron chi connectivity index (χ3n) is 3.10. The highest BCUT2D eigenvalue weighted by Crippen LogP contribution is 2.26. The fraction of sp³-hybridized carbons (Fsp3) is 0.900. The summed E-state index contributed by atoms with van der Waals surface area (Å²) in [6, 6.07) is 0.437. The van der Waals surface area contributed by atoms with Gasteiger partial charge in [0, 0.05) is 13.1 Å². The van der Waals surface area contributed by atoms with Crippen LogP contribution in [0.5, 0.6) is 0 Å². The predicted octanol–water partition coefficient (Wildman–Crippen LogP) is 0.982. The molecule has 0 aliphatic heterocycles. The van der Waals surface area contributed by atoms with Crippen LogP contribution in [-0.4, -0.2) is 30.4 Å². The number of hydrogen-bond acceptors (Lipinski definition) is 2. The van der Waals surface area contributed by atoms with E-state index in [1.807, 2.05) is 11.9 Å². The minimum absolute atomic E-state index is 0.0690. The van der Waals surface area contributed by atoms with Crippen LogP contribution >= 0.6 is 0 Å². The van der Waals surface area contributed by atoms with Gasteiger partial charge in [0.25, 0.3) is 0 Å². The van der Waals surface area contributed by atoms with E-state index >= 15 is 0 Å². The molecule has 2 N–H and O–H groups in total. The minimum atomic E-state index is 0.0690. The van der Waals surface area contributed by atoms with Crippen molar-refractivity contribution in [2.75, 3.05) is 13.6 Å². The summed E-state index contributed by atoms with van der Waals surface area (Å²) in [6.07, 6.45) is 4.77. The molecule has 1 amide bonds. The van der Waals surface area contributed by atoms with Gasteiger partial charge in [-0.2, -0.15) is 0 Å². The fourth-order valence-corrected chi connectivity index (χ4v) is 1.98. The molecule has 0 unspecified atom stereocenters. The van der Waals surface area contributed by atoms with E-state index in [1.54, 1.807) is 0 Å². The Morgan fingerprint density at radius 1 is 1.38 bits per heavy atom. The van der Waals surface area contributed by atoms with Crippen molar-refractivity contribution < 1.29 is 4.79 Å². The van der Waals surface area contributed by atoms with E-state index in [1.165, 1.54) is 12.8 Å². The van der Waals surface area contributed by atoms with Crippen LogP contribution in [-0.2, 0) is 4.79 Å². The molecule has 0 aromatic carbocycles. The highest BCUT2D eigenvalue weighted by atomic mass is 16.2. The maximum atomic E-state index is 11.3. The Kier molecular flexibility index (Phi) is 3.72. The average Bonchev–Trinajstić information content (AvgIpc) is 2.17. The zero-order chi connectivity index (χ0) is 9.84. The Bertz CT molecular complexity index is 174. The molecule has 0 atom stereocenters. The molecular weight excluding hydrogens is 164 g/mol. The Hall–Kier alpha value is -0.570. The number of hydrogen-bond donors (Lipinski definition) is 1. The number of likely N-dealkylation sites (N-methyl/N-ethyl adjacent to an activating group) is 1. The van der Waals surface area contributed by atoms with Crippen molar-refractivity contribution >= 4 is 5.91 Å². The van der Waals surface area contributed by atoms with Gasteiger partial charge in [-0.05, 0) is 31.6 Å². The molecule has 1 aliphatic carbocycles. The summed E-state index contributed by atoms with van der Waals surface area (Å²) in [7, 11) is 1.87. The smallest absolute Gasteiger partial charge is 0.236 e. The van der Waals surface area contributed by atoms with Crippen molar-refractivity contribution in [3.8, 4) is 0 Å². The van der Waals surface area contributed by atoms with Crippen LogP contribution in [0.4, 0.5) is 0 Å². The normalized spacial score (nSPS) is 28.5. The first-order valence-electron chi connectivity index (χ1n) is 5.11. The maximum Gasteiger partial charge on any atom is 0.236 e. The molecule has 0 aromatic rings. The molecule has 0 aromatic heterocycles. The summed E-state index contributed by atoms with van der Waals surface area (Å²) in [5.41, 5.74) is 5.32. The molecule has 3 heteroatoms. The van der Waals surface area contributed by atoms with Gasteiger partial charge in [0.05, 0.1) is 6.54 Å². The SMILES string of the molecule is CC1CCC(N(C)C(=O)CN)CC1. The van der Waals surface area contributed by atoms with Gasteiger partial charge in [0.2, 0.25) is 5.91 Å². The third kappa shape index (κ3) is 2.69. The van der Waals surface area contributed by atoms with E-state index in [2.05, 4.69) is 6.92 Å². The lowest BCUT2D eigenvalue weighted by atomic mass is 9.87. The Labute approximate surface area is 80.3 Å². The topological polar surface area (TPSA) is 46.3 Å². The molecular formula is C10H20N2O. The van der Waals surface area contributed by atoms with E-state index in [4.69, 9.17) is 5.73 Å². The molecule has 13 heavy (non-hydrogen) atoms. The van der Waals surface area contributed by atoms with Crippen LogP contribution in [0.25, 0.3) is 0 Å². The second kappa shape index (κ2) is 4.61.